The van der Waals surface area contributed by atoms with Crippen LogP contribution in [0.15, 0.2) is 72.9 Å². The lowest BCUT2D eigenvalue weighted by Crippen LogP contribution is -2.43. The fourth-order valence-corrected chi connectivity index (χ4v) is 8.67. The molecule has 0 fully saturated rings. The third kappa shape index (κ3) is 53.5. The molecule has 6 nitrogen and oxygen atoms in total. The third-order valence-corrected chi connectivity index (χ3v) is 13.3. The molecule has 0 aliphatic heterocycles. The first-order valence-electron chi connectivity index (χ1n) is 29.5. The predicted molar refractivity (Wildman–Crippen MR) is 303 cm³/mol. The van der Waals surface area contributed by atoms with Gasteiger partial charge >= 0.3 is 0 Å². The van der Waals surface area contributed by atoms with E-state index < -0.39 is 0 Å². The van der Waals surface area contributed by atoms with Crippen LogP contribution in [0.1, 0.15) is 252 Å². The van der Waals surface area contributed by atoms with Crippen molar-refractivity contribution in [3.63, 3.8) is 0 Å². The zero-order chi connectivity index (χ0) is 49.5. The lowest BCUT2D eigenvalue weighted by molar-refractivity contribution is 0.0565. The van der Waals surface area contributed by atoms with Crippen molar-refractivity contribution >= 4 is 0 Å². The van der Waals surface area contributed by atoms with Gasteiger partial charge in [-0.05, 0) is 123 Å². The summed E-state index contributed by atoms with van der Waals surface area (Å²) in [5.41, 5.74) is 0. The van der Waals surface area contributed by atoms with Crippen LogP contribution in [0, 0.1) is 0 Å². The van der Waals surface area contributed by atoms with E-state index in [2.05, 4.69) is 116 Å². The Morgan fingerprint density at radius 1 is 0.353 bits per heavy atom. The number of aliphatic hydroxyl groups is 3. The number of unbranched alkanes of at least 4 members (excludes halogenated alkanes) is 24. The van der Waals surface area contributed by atoms with Crippen LogP contribution < -0.4 is 5.32 Å². The number of aliphatic hydroxyl groups excluding tert-OH is 3. The Bertz CT molecular complexity index is 1110. The topological polar surface area (TPSA) is 79.2 Å². The SMILES string of the molecule is CCCCCCCC/C=C\C/C=C\CCCCC(O)CNCCN(C)CCN(CC(O)CCCC/C=C\C/C=C\CCCCCCCC)CC(O)CCCC/C=C\C/C=C\CCCCCCCC. The molecule has 0 aromatic heterocycles. The van der Waals surface area contributed by atoms with E-state index in [1.165, 1.54) is 135 Å². The average molecular weight is 953 g/mol. The van der Waals surface area contributed by atoms with E-state index in [-0.39, 0.29) is 18.3 Å². The highest BCUT2D eigenvalue weighted by Crippen LogP contribution is 2.13. The van der Waals surface area contributed by atoms with Gasteiger partial charge in [-0.3, -0.25) is 4.90 Å². The number of rotatable bonds is 54. The third-order valence-electron chi connectivity index (χ3n) is 13.3. The molecular weight excluding hydrogens is 835 g/mol. The van der Waals surface area contributed by atoms with Crippen LogP contribution in [0.3, 0.4) is 0 Å². The van der Waals surface area contributed by atoms with Crippen LogP contribution in [0.4, 0.5) is 0 Å². The molecule has 0 aromatic rings. The first kappa shape index (κ1) is 66.2. The van der Waals surface area contributed by atoms with Gasteiger partial charge < -0.3 is 25.5 Å². The van der Waals surface area contributed by atoms with Crippen LogP contribution >= 0.6 is 0 Å². The number of likely N-dealkylation sites (N-methyl/N-ethyl adjacent to an activating group) is 1. The lowest BCUT2D eigenvalue weighted by atomic mass is 10.1. The zero-order valence-electron chi connectivity index (χ0n) is 45.8. The zero-order valence-corrected chi connectivity index (χ0v) is 45.8. The summed E-state index contributed by atoms with van der Waals surface area (Å²) in [6.45, 7) is 12.1. The van der Waals surface area contributed by atoms with Gasteiger partial charge in [0.2, 0.25) is 0 Å². The summed E-state index contributed by atoms with van der Waals surface area (Å²) in [6.07, 6.45) is 69.9. The van der Waals surface area contributed by atoms with Gasteiger partial charge in [0.25, 0.3) is 0 Å². The Hall–Kier alpha value is -1.80. The molecule has 0 radical (unpaired) electrons. The summed E-state index contributed by atoms with van der Waals surface area (Å²) < 4.78 is 0. The second-order valence-corrected chi connectivity index (χ2v) is 20.3. The second-order valence-electron chi connectivity index (χ2n) is 20.3. The van der Waals surface area contributed by atoms with Gasteiger partial charge in [0, 0.05) is 45.8 Å². The highest BCUT2D eigenvalue weighted by Gasteiger charge is 2.16. The monoisotopic (exact) mass is 952 g/mol. The minimum absolute atomic E-state index is 0.303. The summed E-state index contributed by atoms with van der Waals surface area (Å²) in [5, 5.41) is 36.3. The van der Waals surface area contributed by atoms with Crippen molar-refractivity contribution in [2.24, 2.45) is 0 Å². The van der Waals surface area contributed by atoms with Crippen molar-refractivity contribution in [3.8, 4) is 0 Å². The molecule has 0 heterocycles. The Kier molecular flexibility index (Phi) is 54.6. The minimum atomic E-state index is -0.382. The van der Waals surface area contributed by atoms with E-state index in [9.17, 15) is 15.3 Å². The molecule has 0 rings (SSSR count). The Labute approximate surface area is 424 Å². The van der Waals surface area contributed by atoms with Gasteiger partial charge in [0.15, 0.2) is 0 Å². The first-order chi connectivity index (χ1) is 33.4. The summed E-state index contributed by atoms with van der Waals surface area (Å²) in [5.74, 6) is 0. The number of nitrogens with zero attached hydrogens (tertiary/aromatic N) is 2. The van der Waals surface area contributed by atoms with Gasteiger partial charge in [-0.2, -0.15) is 0 Å². The van der Waals surface area contributed by atoms with Crippen molar-refractivity contribution in [3.05, 3.63) is 72.9 Å². The summed E-state index contributed by atoms with van der Waals surface area (Å²) in [4.78, 5) is 4.62. The molecule has 0 bridgehead atoms. The van der Waals surface area contributed by atoms with E-state index in [1.807, 2.05) is 0 Å². The Balaban J connectivity index is 4.53. The van der Waals surface area contributed by atoms with Crippen LogP contribution in [0.5, 0.6) is 0 Å². The quantitative estimate of drug-likeness (QED) is 0.0359. The fraction of sp³-hybridized carbons (Fsp3) is 0.806. The number of nitrogens with one attached hydrogen (secondary N) is 1. The van der Waals surface area contributed by atoms with E-state index in [0.717, 1.165) is 122 Å². The number of hydrogen-bond acceptors (Lipinski definition) is 6. The van der Waals surface area contributed by atoms with E-state index in [0.29, 0.717) is 19.6 Å². The molecule has 3 unspecified atom stereocenters. The van der Waals surface area contributed by atoms with Gasteiger partial charge in [-0.15, -0.1) is 0 Å². The summed E-state index contributed by atoms with van der Waals surface area (Å²) in [6, 6.07) is 0. The molecule has 68 heavy (non-hydrogen) atoms. The lowest BCUT2D eigenvalue weighted by Gasteiger charge is -2.29. The minimum Gasteiger partial charge on any atom is -0.392 e. The van der Waals surface area contributed by atoms with E-state index >= 15 is 0 Å². The van der Waals surface area contributed by atoms with E-state index in [4.69, 9.17) is 0 Å². The van der Waals surface area contributed by atoms with Crippen LogP contribution in [0.2, 0.25) is 0 Å². The Morgan fingerprint density at radius 3 is 1.01 bits per heavy atom. The van der Waals surface area contributed by atoms with Crippen LogP contribution in [-0.2, 0) is 0 Å². The highest BCUT2D eigenvalue weighted by atomic mass is 16.3. The maximum atomic E-state index is 11.1. The van der Waals surface area contributed by atoms with Crippen molar-refractivity contribution in [1.82, 2.24) is 15.1 Å². The molecule has 0 saturated heterocycles. The molecule has 0 spiro atoms. The predicted octanol–water partition coefficient (Wildman–Crippen LogP) is 16.3. The molecule has 0 aromatic carbocycles. The molecule has 0 aliphatic rings. The first-order valence-corrected chi connectivity index (χ1v) is 29.5. The highest BCUT2D eigenvalue weighted by molar-refractivity contribution is 4.94. The molecule has 398 valence electrons. The largest absolute Gasteiger partial charge is 0.392 e. The molecule has 0 aliphatic carbocycles. The average Bonchev–Trinajstić information content (AvgIpc) is 3.33. The molecule has 0 saturated carbocycles. The van der Waals surface area contributed by atoms with Gasteiger partial charge in [0.1, 0.15) is 0 Å². The maximum Gasteiger partial charge on any atom is 0.0667 e. The van der Waals surface area contributed by atoms with Crippen molar-refractivity contribution in [2.45, 2.75) is 270 Å². The summed E-state index contributed by atoms with van der Waals surface area (Å²) in [7, 11) is 2.15. The summed E-state index contributed by atoms with van der Waals surface area (Å²) >= 11 is 0. The van der Waals surface area contributed by atoms with Crippen molar-refractivity contribution < 1.29 is 15.3 Å². The molecule has 4 N–H and O–H groups in total. The standard InChI is InChI=1S/C62H117N3O3/c1-5-8-11-14-17-20-23-26-29-32-35-38-41-44-47-50-60(66)57-63-53-54-64(4)55-56-65(58-61(67)51-48-45-42-39-36-33-30-27-24-21-18-15-12-9-6-2)59-62(68)52-49-46-43-40-37-34-31-28-25-22-19-16-13-10-7-3/h26-31,35-40,60-63,66-68H,5-25,32-34,41-59H2,1-4H3/b29-26-,30-27-,31-28-,38-35-,39-36-,40-37-. The Morgan fingerprint density at radius 2 is 0.662 bits per heavy atom. The fourth-order valence-electron chi connectivity index (χ4n) is 8.67. The second kappa shape index (κ2) is 56.1. The molecular formula is C62H117N3O3. The van der Waals surface area contributed by atoms with Crippen LogP contribution in [-0.4, -0.2) is 96.3 Å². The smallest absolute Gasteiger partial charge is 0.0667 e. The normalized spacial score (nSPS) is 14.1. The van der Waals surface area contributed by atoms with Crippen LogP contribution in [0.25, 0.3) is 0 Å². The van der Waals surface area contributed by atoms with Gasteiger partial charge in [-0.1, -0.05) is 209 Å². The maximum absolute atomic E-state index is 11.1. The molecule has 0 amide bonds. The van der Waals surface area contributed by atoms with Crippen molar-refractivity contribution in [2.75, 3.05) is 52.9 Å². The molecule has 3 atom stereocenters. The molecule has 6 heteroatoms. The number of hydrogen-bond donors (Lipinski definition) is 4. The van der Waals surface area contributed by atoms with Crippen molar-refractivity contribution in [1.29, 1.82) is 0 Å². The van der Waals surface area contributed by atoms with Gasteiger partial charge in [-0.25, -0.2) is 0 Å². The van der Waals surface area contributed by atoms with Gasteiger partial charge in [0.05, 0.1) is 18.3 Å². The van der Waals surface area contributed by atoms with E-state index in [1.54, 1.807) is 0 Å². The number of allylic oxidation sites excluding steroid dienone is 12.